The van der Waals surface area contributed by atoms with Crippen molar-refractivity contribution in [3.8, 4) is 0 Å². The number of carbonyl (C=O) groups excluding carboxylic acids is 1. The van der Waals surface area contributed by atoms with E-state index in [0.29, 0.717) is 19.1 Å². The Bertz CT molecular complexity index is 536. The molecule has 25 heavy (non-hydrogen) atoms. The van der Waals surface area contributed by atoms with Crippen LogP contribution in [-0.2, 0) is 19.0 Å². The fourth-order valence-corrected chi connectivity index (χ4v) is 3.98. The van der Waals surface area contributed by atoms with Crippen LogP contribution in [0.2, 0.25) is 0 Å². The molecule has 1 saturated carbocycles. The van der Waals surface area contributed by atoms with Gasteiger partial charge in [0.05, 0.1) is 24.4 Å². The number of carbonyl (C=O) groups is 1. The second kappa shape index (κ2) is 6.92. The summed E-state index contributed by atoms with van der Waals surface area (Å²) in [4.78, 5) is 11.2. The molecule has 9 heteroatoms. The monoisotopic (exact) mass is 360 g/mol. The number of aldehydes is 1. The van der Waals surface area contributed by atoms with Gasteiger partial charge in [-0.2, -0.15) is 0 Å². The molecule has 0 aromatic rings. The third kappa shape index (κ3) is 2.99. The van der Waals surface area contributed by atoms with Crippen molar-refractivity contribution in [2.24, 2.45) is 11.8 Å². The lowest BCUT2D eigenvalue weighted by atomic mass is 9.80. The standard InChI is InChI=1S/C16H24O9/c1-7-2-3-16(22)8(4-17)6-23-14(10(7)16)25-15-13(21)12(20)11(19)9(5-18)24-15/h4,6-7,9-15,18-22H,2-3,5H2,1H3/t7-,9-,10?,11-,12+,13-,14+,15+,16-/m1/s1. The summed E-state index contributed by atoms with van der Waals surface area (Å²) in [5.74, 6) is -0.589. The summed E-state index contributed by atoms with van der Waals surface area (Å²) in [6.07, 6.45) is -5.40. The maximum Gasteiger partial charge on any atom is 0.207 e. The summed E-state index contributed by atoms with van der Waals surface area (Å²) < 4.78 is 16.4. The summed E-state index contributed by atoms with van der Waals surface area (Å²) >= 11 is 0. The summed E-state index contributed by atoms with van der Waals surface area (Å²) in [6.45, 7) is 1.32. The average molecular weight is 360 g/mol. The molecule has 142 valence electrons. The van der Waals surface area contributed by atoms with E-state index in [-0.39, 0.29) is 11.5 Å². The number of aliphatic hydroxyl groups is 5. The zero-order valence-electron chi connectivity index (χ0n) is 13.8. The maximum absolute atomic E-state index is 11.2. The first-order valence-corrected chi connectivity index (χ1v) is 8.33. The van der Waals surface area contributed by atoms with Crippen molar-refractivity contribution in [3.05, 3.63) is 11.8 Å². The van der Waals surface area contributed by atoms with Gasteiger partial charge in [-0.3, -0.25) is 4.79 Å². The van der Waals surface area contributed by atoms with Crippen LogP contribution in [0.4, 0.5) is 0 Å². The van der Waals surface area contributed by atoms with E-state index in [1.807, 2.05) is 6.92 Å². The minimum atomic E-state index is -1.57. The van der Waals surface area contributed by atoms with Crippen molar-refractivity contribution in [2.45, 2.75) is 62.4 Å². The SMILES string of the molecule is C[C@@H]1CC[C@@]2(O)C(C=O)=CO[C@@H](O[C@@H]3O[C@H](CO)[C@@H](O)[C@H](O)[C@H]3O)C12. The maximum atomic E-state index is 11.2. The molecule has 3 aliphatic rings. The Balaban J connectivity index is 1.80. The van der Waals surface area contributed by atoms with Crippen molar-refractivity contribution in [1.29, 1.82) is 0 Å². The number of hydrogen-bond acceptors (Lipinski definition) is 9. The highest BCUT2D eigenvalue weighted by Gasteiger charge is 2.56. The van der Waals surface area contributed by atoms with E-state index in [1.54, 1.807) is 0 Å². The molecule has 1 saturated heterocycles. The fourth-order valence-electron chi connectivity index (χ4n) is 3.98. The van der Waals surface area contributed by atoms with Crippen LogP contribution >= 0.6 is 0 Å². The predicted molar refractivity (Wildman–Crippen MR) is 80.7 cm³/mol. The van der Waals surface area contributed by atoms with Gasteiger partial charge in [-0.25, -0.2) is 0 Å². The van der Waals surface area contributed by atoms with Crippen molar-refractivity contribution < 1.29 is 44.5 Å². The molecule has 0 spiro atoms. The molecule has 0 aromatic carbocycles. The van der Waals surface area contributed by atoms with Crippen molar-refractivity contribution in [2.75, 3.05) is 6.61 Å². The second-order valence-electron chi connectivity index (χ2n) is 6.99. The van der Waals surface area contributed by atoms with Crippen molar-refractivity contribution in [3.63, 3.8) is 0 Å². The Morgan fingerprint density at radius 2 is 2.00 bits per heavy atom. The molecular formula is C16H24O9. The quantitative estimate of drug-likeness (QED) is 0.360. The summed E-state index contributed by atoms with van der Waals surface area (Å²) in [5.41, 5.74) is -1.26. The Morgan fingerprint density at radius 1 is 1.28 bits per heavy atom. The molecule has 0 radical (unpaired) electrons. The third-order valence-corrected chi connectivity index (χ3v) is 5.51. The minimum absolute atomic E-state index is 0.0245. The lowest BCUT2D eigenvalue weighted by molar-refractivity contribution is -0.346. The van der Waals surface area contributed by atoms with Crippen LogP contribution in [0.25, 0.3) is 0 Å². The number of hydrogen-bond donors (Lipinski definition) is 5. The van der Waals surface area contributed by atoms with Crippen LogP contribution in [0.3, 0.4) is 0 Å². The smallest absolute Gasteiger partial charge is 0.207 e. The van der Waals surface area contributed by atoms with E-state index in [2.05, 4.69) is 0 Å². The predicted octanol–water partition coefficient (Wildman–Crippen LogP) is -1.98. The van der Waals surface area contributed by atoms with Crippen LogP contribution in [0.5, 0.6) is 0 Å². The van der Waals surface area contributed by atoms with Crippen molar-refractivity contribution >= 4 is 6.29 Å². The van der Waals surface area contributed by atoms with Crippen LogP contribution in [0.15, 0.2) is 11.8 Å². The zero-order chi connectivity index (χ0) is 18.4. The van der Waals surface area contributed by atoms with Crippen molar-refractivity contribution in [1.82, 2.24) is 0 Å². The van der Waals surface area contributed by atoms with Gasteiger partial charge in [0.25, 0.3) is 0 Å². The zero-order valence-corrected chi connectivity index (χ0v) is 13.8. The third-order valence-electron chi connectivity index (χ3n) is 5.51. The normalized spacial score (nSPS) is 49.9. The number of ether oxygens (including phenoxy) is 3. The van der Waals surface area contributed by atoms with Crippen LogP contribution in [0.1, 0.15) is 19.8 Å². The minimum Gasteiger partial charge on any atom is -0.471 e. The Hall–Kier alpha value is -1.07. The molecule has 1 unspecified atom stereocenters. The lowest BCUT2D eigenvalue weighted by Crippen LogP contribution is -2.61. The molecular weight excluding hydrogens is 336 g/mol. The molecule has 9 nitrogen and oxygen atoms in total. The van der Waals surface area contributed by atoms with Gasteiger partial charge >= 0.3 is 0 Å². The van der Waals surface area contributed by atoms with Gasteiger partial charge in [0.15, 0.2) is 12.6 Å². The molecule has 5 N–H and O–H groups in total. The van der Waals surface area contributed by atoms with E-state index in [0.717, 1.165) is 6.26 Å². The largest absolute Gasteiger partial charge is 0.471 e. The molecule has 2 heterocycles. The van der Waals surface area contributed by atoms with E-state index >= 15 is 0 Å². The topological polar surface area (TPSA) is 146 Å². The summed E-state index contributed by atoms with van der Waals surface area (Å²) in [7, 11) is 0. The fraction of sp³-hybridized carbons (Fsp3) is 0.812. The molecule has 2 fully saturated rings. The molecule has 0 bridgehead atoms. The summed E-state index contributed by atoms with van der Waals surface area (Å²) in [5, 5.41) is 49.9. The van der Waals surface area contributed by atoms with Gasteiger partial charge in [0.2, 0.25) is 6.29 Å². The Kier molecular flexibility index (Phi) is 5.18. The van der Waals surface area contributed by atoms with Crippen LogP contribution in [-0.4, -0.2) is 81.0 Å². The van der Waals surface area contributed by atoms with Crippen LogP contribution in [0, 0.1) is 11.8 Å². The van der Waals surface area contributed by atoms with Gasteiger partial charge in [0.1, 0.15) is 30.0 Å². The molecule has 9 atom stereocenters. The first kappa shape index (κ1) is 18.7. The van der Waals surface area contributed by atoms with E-state index < -0.39 is 55.1 Å². The van der Waals surface area contributed by atoms with Gasteiger partial charge in [-0.05, 0) is 18.8 Å². The number of aliphatic hydroxyl groups excluding tert-OH is 4. The lowest BCUT2D eigenvalue weighted by Gasteiger charge is -2.44. The first-order chi connectivity index (χ1) is 11.8. The molecule has 0 aromatic heterocycles. The van der Waals surface area contributed by atoms with Gasteiger partial charge in [-0.15, -0.1) is 0 Å². The van der Waals surface area contributed by atoms with E-state index in [4.69, 9.17) is 14.2 Å². The number of rotatable bonds is 4. The first-order valence-electron chi connectivity index (χ1n) is 8.33. The Morgan fingerprint density at radius 3 is 2.64 bits per heavy atom. The van der Waals surface area contributed by atoms with E-state index in [1.165, 1.54) is 0 Å². The van der Waals surface area contributed by atoms with Gasteiger partial charge in [0, 0.05) is 0 Å². The Labute approximate surface area is 144 Å². The average Bonchev–Trinajstić information content (AvgIpc) is 2.91. The van der Waals surface area contributed by atoms with Gasteiger partial charge < -0.3 is 39.7 Å². The van der Waals surface area contributed by atoms with Gasteiger partial charge in [-0.1, -0.05) is 6.92 Å². The van der Waals surface area contributed by atoms with Crippen LogP contribution < -0.4 is 0 Å². The highest BCUT2D eigenvalue weighted by Crippen LogP contribution is 2.49. The molecule has 1 aliphatic carbocycles. The molecule has 0 amide bonds. The molecule has 2 aliphatic heterocycles. The number of fused-ring (bicyclic) bond motifs is 1. The summed E-state index contributed by atoms with van der Waals surface area (Å²) in [6, 6.07) is 0. The second-order valence-corrected chi connectivity index (χ2v) is 6.99. The van der Waals surface area contributed by atoms with E-state index in [9.17, 15) is 30.3 Å². The molecule has 3 rings (SSSR count). The highest BCUT2D eigenvalue weighted by molar-refractivity contribution is 5.76. The highest BCUT2D eigenvalue weighted by atomic mass is 16.8.